The van der Waals surface area contributed by atoms with Crippen molar-refractivity contribution < 1.29 is 14.3 Å². The number of anilines is 1. The van der Waals surface area contributed by atoms with Crippen LogP contribution in [-0.4, -0.2) is 36.8 Å². The van der Waals surface area contributed by atoms with Gasteiger partial charge in [0.15, 0.2) is 6.10 Å². The van der Waals surface area contributed by atoms with Gasteiger partial charge in [0.05, 0.1) is 18.0 Å². The van der Waals surface area contributed by atoms with E-state index in [1.165, 1.54) is 22.9 Å². The van der Waals surface area contributed by atoms with Crippen molar-refractivity contribution in [3.8, 4) is 5.75 Å². The Bertz CT molecular complexity index is 869. The Labute approximate surface area is 170 Å². The number of amides is 2. The smallest absolute Gasteiger partial charge is 0.262 e. The Morgan fingerprint density at radius 1 is 1.18 bits per heavy atom. The molecule has 1 N–H and O–H groups in total. The molecule has 0 saturated heterocycles. The number of carbonyl (C=O) groups is 2. The summed E-state index contributed by atoms with van der Waals surface area (Å²) in [5.41, 5.74) is 3.16. The molecule has 28 heavy (non-hydrogen) atoms. The van der Waals surface area contributed by atoms with Crippen LogP contribution in [0.1, 0.15) is 24.5 Å². The van der Waals surface area contributed by atoms with Crippen molar-refractivity contribution in [2.45, 2.75) is 38.2 Å². The Kier molecular flexibility index (Phi) is 6.62. The Morgan fingerprint density at radius 2 is 1.96 bits per heavy atom. The van der Waals surface area contributed by atoms with Crippen molar-refractivity contribution >= 4 is 29.3 Å². The summed E-state index contributed by atoms with van der Waals surface area (Å²) >= 11 is 1.51. The maximum Gasteiger partial charge on any atom is 0.262 e. The summed E-state index contributed by atoms with van der Waals surface area (Å²) in [6, 6.07) is 13.6. The average Bonchev–Trinajstić information content (AvgIpc) is 2.71. The van der Waals surface area contributed by atoms with Gasteiger partial charge < -0.3 is 15.0 Å². The van der Waals surface area contributed by atoms with E-state index in [2.05, 4.69) is 31.3 Å². The van der Waals surface area contributed by atoms with Crippen LogP contribution in [0.25, 0.3) is 0 Å². The summed E-state index contributed by atoms with van der Waals surface area (Å²) in [4.78, 5) is 28.1. The molecule has 0 saturated carbocycles. The van der Waals surface area contributed by atoms with Gasteiger partial charge in [-0.3, -0.25) is 9.59 Å². The maximum absolute atomic E-state index is 13.0. The maximum atomic E-state index is 13.0. The van der Waals surface area contributed by atoms with Gasteiger partial charge in [-0.25, -0.2) is 0 Å². The highest BCUT2D eigenvalue weighted by Crippen LogP contribution is 2.34. The van der Waals surface area contributed by atoms with Gasteiger partial charge in [0, 0.05) is 11.4 Å². The van der Waals surface area contributed by atoms with E-state index in [1.807, 2.05) is 31.2 Å². The first-order valence-electron chi connectivity index (χ1n) is 9.53. The van der Waals surface area contributed by atoms with Crippen LogP contribution in [0.15, 0.2) is 47.4 Å². The Morgan fingerprint density at radius 3 is 2.71 bits per heavy atom. The van der Waals surface area contributed by atoms with Crippen molar-refractivity contribution in [2.75, 3.05) is 23.7 Å². The Hall–Kier alpha value is -2.47. The van der Waals surface area contributed by atoms with Gasteiger partial charge in [0.25, 0.3) is 5.91 Å². The largest absolute Gasteiger partial charge is 0.477 e. The number of aryl methyl sites for hydroxylation is 2. The predicted molar refractivity (Wildman–Crippen MR) is 113 cm³/mol. The summed E-state index contributed by atoms with van der Waals surface area (Å²) in [7, 11) is 0. The fourth-order valence-corrected chi connectivity index (χ4v) is 3.87. The number of hydrogen-bond donors (Lipinski definition) is 1. The highest BCUT2D eigenvalue weighted by atomic mass is 32.2. The van der Waals surface area contributed by atoms with Gasteiger partial charge in [0.1, 0.15) is 5.75 Å². The first-order chi connectivity index (χ1) is 13.5. The molecule has 0 aromatic heterocycles. The van der Waals surface area contributed by atoms with Gasteiger partial charge in [-0.2, -0.15) is 0 Å². The zero-order chi connectivity index (χ0) is 20.1. The topological polar surface area (TPSA) is 58.6 Å². The standard InChI is InChI=1S/C22H26N2O3S/c1-4-11-23-22(26)20-13-24(18-7-5-6-8-19(18)27-20)21(25)14-28-17-10-9-15(2)16(3)12-17/h5-10,12,20H,4,11,13-14H2,1-3H3,(H,23,26)/t20-/m0/s1. The second-order valence-corrected chi connectivity index (χ2v) is 7.95. The SMILES string of the molecule is CCCNC(=O)[C@@H]1CN(C(=O)CSc2ccc(C)c(C)c2)c2ccccc2O1. The van der Waals surface area contributed by atoms with Crippen molar-refractivity contribution in [1.29, 1.82) is 0 Å². The van der Waals surface area contributed by atoms with Crippen molar-refractivity contribution in [3.63, 3.8) is 0 Å². The fourth-order valence-electron chi connectivity index (χ4n) is 3.00. The molecular weight excluding hydrogens is 372 g/mol. The number of hydrogen-bond acceptors (Lipinski definition) is 4. The van der Waals surface area contributed by atoms with Crippen LogP contribution in [0.4, 0.5) is 5.69 Å². The lowest BCUT2D eigenvalue weighted by molar-refractivity contribution is -0.128. The first kappa shape index (κ1) is 20.3. The number of nitrogens with one attached hydrogen (secondary N) is 1. The lowest BCUT2D eigenvalue weighted by atomic mass is 10.1. The van der Waals surface area contributed by atoms with Crippen LogP contribution >= 0.6 is 11.8 Å². The van der Waals surface area contributed by atoms with E-state index in [0.717, 1.165) is 11.3 Å². The molecule has 3 rings (SSSR count). The molecule has 6 heteroatoms. The van der Waals surface area contributed by atoms with E-state index in [0.29, 0.717) is 23.7 Å². The molecule has 0 bridgehead atoms. The molecular formula is C22H26N2O3S. The summed E-state index contributed by atoms with van der Waals surface area (Å²) < 4.78 is 5.85. The number of nitrogens with zero attached hydrogens (tertiary/aromatic N) is 1. The molecule has 148 valence electrons. The number of ether oxygens (including phenoxy) is 1. The van der Waals surface area contributed by atoms with Gasteiger partial charge in [-0.05, 0) is 55.7 Å². The van der Waals surface area contributed by atoms with E-state index in [4.69, 9.17) is 4.74 Å². The second-order valence-electron chi connectivity index (χ2n) is 6.90. The van der Waals surface area contributed by atoms with E-state index in [-0.39, 0.29) is 18.4 Å². The molecule has 2 aromatic carbocycles. The number of fused-ring (bicyclic) bond motifs is 1. The molecule has 1 atom stereocenters. The molecule has 0 radical (unpaired) electrons. The third-order valence-electron chi connectivity index (χ3n) is 4.76. The van der Waals surface area contributed by atoms with Crippen LogP contribution < -0.4 is 15.0 Å². The number of carbonyl (C=O) groups excluding carboxylic acids is 2. The average molecular weight is 399 g/mol. The summed E-state index contributed by atoms with van der Waals surface area (Å²) in [5.74, 6) is 0.651. The normalized spacial score (nSPS) is 15.5. The molecule has 0 fully saturated rings. The van der Waals surface area contributed by atoms with Gasteiger partial charge in [-0.1, -0.05) is 25.1 Å². The molecule has 0 aliphatic carbocycles. The molecule has 2 aromatic rings. The molecule has 5 nitrogen and oxygen atoms in total. The highest BCUT2D eigenvalue weighted by Gasteiger charge is 2.33. The minimum Gasteiger partial charge on any atom is -0.477 e. The lowest BCUT2D eigenvalue weighted by Gasteiger charge is -2.34. The zero-order valence-corrected chi connectivity index (χ0v) is 17.3. The molecule has 1 heterocycles. The summed E-state index contributed by atoms with van der Waals surface area (Å²) in [6.45, 7) is 6.95. The van der Waals surface area contributed by atoms with E-state index < -0.39 is 6.10 Å². The van der Waals surface area contributed by atoms with Crippen LogP contribution in [-0.2, 0) is 9.59 Å². The van der Waals surface area contributed by atoms with E-state index in [1.54, 1.807) is 11.0 Å². The van der Waals surface area contributed by atoms with Gasteiger partial charge in [-0.15, -0.1) is 11.8 Å². The monoisotopic (exact) mass is 398 g/mol. The predicted octanol–water partition coefficient (Wildman–Crippen LogP) is 3.72. The van der Waals surface area contributed by atoms with Crippen LogP contribution in [0.5, 0.6) is 5.75 Å². The molecule has 2 amide bonds. The number of benzene rings is 2. The van der Waals surface area contributed by atoms with Crippen molar-refractivity contribution in [2.24, 2.45) is 0 Å². The third-order valence-corrected chi connectivity index (χ3v) is 5.74. The molecule has 0 unspecified atom stereocenters. The second kappa shape index (κ2) is 9.15. The van der Waals surface area contributed by atoms with E-state index in [9.17, 15) is 9.59 Å². The number of rotatable bonds is 6. The Balaban J connectivity index is 1.73. The zero-order valence-electron chi connectivity index (χ0n) is 16.5. The van der Waals surface area contributed by atoms with Crippen LogP contribution in [0.3, 0.4) is 0 Å². The quantitative estimate of drug-likeness (QED) is 0.754. The van der Waals surface area contributed by atoms with Crippen LogP contribution in [0.2, 0.25) is 0 Å². The van der Waals surface area contributed by atoms with Gasteiger partial charge in [0.2, 0.25) is 5.91 Å². The number of para-hydroxylation sites is 2. The lowest BCUT2D eigenvalue weighted by Crippen LogP contribution is -2.51. The molecule has 1 aliphatic heterocycles. The minimum absolute atomic E-state index is 0.0349. The number of thioether (sulfide) groups is 1. The van der Waals surface area contributed by atoms with Crippen LogP contribution in [0, 0.1) is 13.8 Å². The first-order valence-corrected chi connectivity index (χ1v) is 10.5. The molecule has 0 spiro atoms. The van der Waals surface area contributed by atoms with Crippen molar-refractivity contribution in [3.05, 3.63) is 53.6 Å². The summed E-state index contributed by atoms with van der Waals surface area (Å²) in [6.07, 6.45) is 0.154. The highest BCUT2D eigenvalue weighted by molar-refractivity contribution is 8.00. The van der Waals surface area contributed by atoms with Gasteiger partial charge >= 0.3 is 0 Å². The van der Waals surface area contributed by atoms with E-state index >= 15 is 0 Å². The van der Waals surface area contributed by atoms with Crippen molar-refractivity contribution in [1.82, 2.24) is 5.32 Å². The molecule has 1 aliphatic rings. The third kappa shape index (κ3) is 4.68. The fraction of sp³-hybridized carbons (Fsp3) is 0.364. The minimum atomic E-state index is -0.697. The summed E-state index contributed by atoms with van der Waals surface area (Å²) in [5, 5.41) is 2.85.